The summed E-state index contributed by atoms with van der Waals surface area (Å²) in [6.07, 6.45) is 1.14. The number of hydrogen-bond donors (Lipinski definition) is 3. The predicted octanol–water partition coefficient (Wildman–Crippen LogP) is -0.0852. The third-order valence-electron chi connectivity index (χ3n) is 2.08. The Balaban J connectivity index is 4.43. The summed E-state index contributed by atoms with van der Waals surface area (Å²) in [5, 5.41) is 4.78. The van der Waals surface area contributed by atoms with Crippen LogP contribution in [0.15, 0.2) is 12.7 Å². The first kappa shape index (κ1) is 16.9. The topological polar surface area (TPSA) is 111 Å². The van der Waals surface area contributed by atoms with Crippen molar-refractivity contribution in [2.45, 2.75) is 26.3 Å². The van der Waals surface area contributed by atoms with Gasteiger partial charge in [-0.2, -0.15) is 0 Å². The van der Waals surface area contributed by atoms with Crippen molar-refractivity contribution in [3.63, 3.8) is 0 Å². The number of ether oxygens (including phenoxy) is 1. The van der Waals surface area contributed by atoms with Crippen LogP contribution in [0.1, 0.15) is 20.3 Å². The molecule has 3 amide bonds. The van der Waals surface area contributed by atoms with Crippen LogP contribution in [0.3, 0.4) is 0 Å². The molecule has 0 radical (unpaired) electrons. The normalized spacial score (nSPS) is 11.5. The third kappa shape index (κ3) is 8.64. The Hall–Kier alpha value is -2.05. The van der Waals surface area contributed by atoms with E-state index in [1.54, 1.807) is 0 Å². The summed E-state index contributed by atoms with van der Waals surface area (Å²) in [5.41, 5.74) is 4.93. The Bertz CT molecular complexity index is 342. The van der Waals surface area contributed by atoms with E-state index in [0.717, 1.165) is 0 Å². The minimum absolute atomic E-state index is 0.0587. The molecule has 0 bridgehead atoms. The molecule has 0 rings (SSSR count). The molecule has 4 N–H and O–H groups in total. The van der Waals surface area contributed by atoms with Crippen molar-refractivity contribution < 1.29 is 19.1 Å². The fourth-order valence-electron chi connectivity index (χ4n) is 1.32. The Morgan fingerprint density at radius 3 is 2.47 bits per heavy atom. The van der Waals surface area contributed by atoms with Gasteiger partial charge in [-0.05, 0) is 12.3 Å². The van der Waals surface area contributed by atoms with Crippen LogP contribution >= 0.6 is 0 Å². The molecule has 108 valence electrons. The standard InChI is InChI=1S/C12H21N3O4/c1-4-5-19-12(18)15-9(6-8(2)3)11(17)14-7-10(13)16/h4,8-9H,1,5-7H2,2-3H3,(H2,13,16)(H,14,17)(H,15,18)/t9-/m1/s1. The van der Waals surface area contributed by atoms with Crippen molar-refractivity contribution in [3.05, 3.63) is 12.7 Å². The van der Waals surface area contributed by atoms with E-state index in [0.29, 0.717) is 6.42 Å². The number of rotatable bonds is 8. The fourth-order valence-corrected chi connectivity index (χ4v) is 1.32. The zero-order valence-corrected chi connectivity index (χ0v) is 11.3. The first-order valence-electron chi connectivity index (χ1n) is 5.97. The Labute approximate surface area is 112 Å². The first-order chi connectivity index (χ1) is 8.86. The molecular formula is C12H21N3O4. The van der Waals surface area contributed by atoms with Gasteiger partial charge in [0.25, 0.3) is 0 Å². The quantitative estimate of drug-likeness (QED) is 0.536. The minimum Gasteiger partial charge on any atom is -0.445 e. The second-order valence-corrected chi connectivity index (χ2v) is 4.40. The fraction of sp³-hybridized carbons (Fsp3) is 0.583. The molecule has 0 saturated heterocycles. The monoisotopic (exact) mass is 271 g/mol. The minimum atomic E-state index is -0.767. The van der Waals surface area contributed by atoms with Gasteiger partial charge in [0.15, 0.2) is 0 Å². The van der Waals surface area contributed by atoms with Crippen molar-refractivity contribution in [1.29, 1.82) is 0 Å². The van der Waals surface area contributed by atoms with Gasteiger partial charge in [-0.3, -0.25) is 9.59 Å². The number of hydrogen-bond acceptors (Lipinski definition) is 4. The Morgan fingerprint density at radius 1 is 1.37 bits per heavy atom. The summed E-state index contributed by atoms with van der Waals surface area (Å²) in [6, 6.07) is -0.767. The molecular weight excluding hydrogens is 250 g/mol. The van der Waals surface area contributed by atoms with Crippen LogP contribution in [-0.4, -0.2) is 37.1 Å². The summed E-state index contributed by atoms with van der Waals surface area (Å²) < 4.78 is 4.74. The average Bonchev–Trinajstić information content (AvgIpc) is 2.31. The summed E-state index contributed by atoms with van der Waals surface area (Å²) >= 11 is 0. The lowest BCUT2D eigenvalue weighted by atomic mass is 10.0. The van der Waals surface area contributed by atoms with Gasteiger partial charge in [0, 0.05) is 0 Å². The van der Waals surface area contributed by atoms with Crippen LogP contribution in [0.5, 0.6) is 0 Å². The molecule has 7 heteroatoms. The van der Waals surface area contributed by atoms with Crippen molar-refractivity contribution >= 4 is 17.9 Å². The zero-order chi connectivity index (χ0) is 14.8. The zero-order valence-electron chi connectivity index (χ0n) is 11.3. The Morgan fingerprint density at radius 2 is 2.00 bits per heavy atom. The lowest BCUT2D eigenvalue weighted by Crippen LogP contribution is -2.49. The van der Waals surface area contributed by atoms with E-state index in [1.807, 2.05) is 13.8 Å². The highest BCUT2D eigenvalue weighted by atomic mass is 16.5. The maximum atomic E-state index is 11.8. The predicted molar refractivity (Wildman–Crippen MR) is 70.1 cm³/mol. The number of alkyl carbamates (subject to hydrolysis) is 1. The van der Waals surface area contributed by atoms with Gasteiger partial charge in [0.1, 0.15) is 12.6 Å². The second-order valence-electron chi connectivity index (χ2n) is 4.40. The number of nitrogens with one attached hydrogen (secondary N) is 2. The first-order valence-corrected chi connectivity index (χ1v) is 5.97. The van der Waals surface area contributed by atoms with E-state index >= 15 is 0 Å². The molecule has 1 atom stereocenters. The van der Waals surface area contributed by atoms with Crippen LogP contribution in [-0.2, 0) is 14.3 Å². The van der Waals surface area contributed by atoms with Gasteiger partial charge in [-0.1, -0.05) is 26.5 Å². The smallest absolute Gasteiger partial charge is 0.408 e. The van der Waals surface area contributed by atoms with Crippen LogP contribution in [0, 0.1) is 5.92 Å². The lowest BCUT2D eigenvalue weighted by Gasteiger charge is -2.19. The van der Waals surface area contributed by atoms with Crippen molar-refractivity contribution in [2.75, 3.05) is 13.2 Å². The van der Waals surface area contributed by atoms with Gasteiger partial charge in [-0.25, -0.2) is 4.79 Å². The van der Waals surface area contributed by atoms with Crippen LogP contribution in [0.25, 0.3) is 0 Å². The molecule has 19 heavy (non-hydrogen) atoms. The van der Waals surface area contributed by atoms with Gasteiger partial charge in [0.05, 0.1) is 6.54 Å². The Kier molecular flexibility index (Phi) is 7.99. The lowest BCUT2D eigenvalue weighted by molar-refractivity contribution is -0.126. The van der Waals surface area contributed by atoms with Gasteiger partial charge >= 0.3 is 6.09 Å². The maximum Gasteiger partial charge on any atom is 0.408 e. The van der Waals surface area contributed by atoms with E-state index in [-0.39, 0.29) is 19.1 Å². The molecule has 0 unspecified atom stereocenters. The number of carbonyl (C=O) groups is 3. The van der Waals surface area contributed by atoms with Gasteiger partial charge in [-0.15, -0.1) is 0 Å². The molecule has 0 fully saturated rings. The van der Waals surface area contributed by atoms with Crippen molar-refractivity contribution in [2.24, 2.45) is 11.7 Å². The van der Waals surface area contributed by atoms with E-state index < -0.39 is 23.9 Å². The molecule has 0 aliphatic rings. The molecule has 0 aromatic carbocycles. The van der Waals surface area contributed by atoms with Gasteiger partial charge < -0.3 is 21.1 Å². The van der Waals surface area contributed by atoms with Crippen molar-refractivity contribution in [1.82, 2.24) is 10.6 Å². The largest absolute Gasteiger partial charge is 0.445 e. The van der Waals surface area contributed by atoms with E-state index in [2.05, 4.69) is 17.2 Å². The van der Waals surface area contributed by atoms with E-state index in [9.17, 15) is 14.4 Å². The van der Waals surface area contributed by atoms with E-state index in [1.165, 1.54) is 6.08 Å². The molecule has 0 saturated carbocycles. The van der Waals surface area contributed by atoms with Crippen LogP contribution < -0.4 is 16.4 Å². The summed E-state index contributed by atoms with van der Waals surface area (Å²) in [7, 11) is 0. The number of primary amides is 1. The van der Waals surface area contributed by atoms with Crippen LogP contribution in [0.2, 0.25) is 0 Å². The highest BCUT2D eigenvalue weighted by Gasteiger charge is 2.22. The molecule has 0 aromatic heterocycles. The highest BCUT2D eigenvalue weighted by molar-refractivity contribution is 5.88. The third-order valence-corrected chi connectivity index (χ3v) is 2.08. The summed E-state index contributed by atoms with van der Waals surface area (Å²) in [5.74, 6) is -0.932. The molecule has 0 aromatic rings. The molecule has 0 heterocycles. The van der Waals surface area contributed by atoms with Crippen molar-refractivity contribution in [3.8, 4) is 0 Å². The summed E-state index contributed by atoms with van der Waals surface area (Å²) in [6.45, 7) is 7.02. The molecule has 0 aliphatic heterocycles. The highest BCUT2D eigenvalue weighted by Crippen LogP contribution is 2.05. The van der Waals surface area contributed by atoms with Crippen LogP contribution in [0.4, 0.5) is 4.79 Å². The molecule has 7 nitrogen and oxygen atoms in total. The molecule has 0 aliphatic carbocycles. The number of amides is 3. The number of carbonyl (C=O) groups excluding carboxylic acids is 3. The molecule has 0 spiro atoms. The van der Waals surface area contributed by atoms with Gasteiger partial charge in [0.2, 0.25) is 11.8 Å². The summed E-state index contributed by atoms with van der Waals surface area (Å²) in [4.78, 5) is 33.8. The maximum absolute atomic E-state index is 11.8. The second kappa shape index (κ2) is 8.96. The average molecular weight is 271 g/mol. The number of nitrogens with two attached hydrogens (primary N) is 1. The van der Waals surface area contributed by atoms with E-state index in [4.69, 9.17) is 10.5 Å². The SMILES string of the molecule is C=CCOC(=O)N[C@H](CC(C)C)C(=O)NCC(N)=O.